The Labute approximate surface area is 139 Å². The molecule has 2 rings (SSSR count). The van der Waals surface area contributed by atoms with Crippen LogP contribution >= 0.6 is 0 Å². The van der Waals surface area contributed by atoms with Gasteiger partial charge in [0, 0.05) is 30.7 Å². The van der Waals surface area contributed by atoms with Crippen molar-refractivity contribution in [3.05, 3.63) is 41.0 Å². The summed E-state index contributed by atoms with van der Waals surface area (Å²) in [5.41, 5.74) is 0.563. The normalized spacial score (nSPS) is 18.8. The summed E-state index contributed by atoms with van der Waals surface area (Å²) in [6.45, 7) is 1.64. The van der Waals surface area contributed by atoms with Gasteiger partial charge in [0.25, 0.3) is 0 Å². The first-order valence-electron chi connectivity index (χ1n) is 7.76. The second kappa shape index (κ2) is 7.20. The molecule has 0 heterocycles. The fraction of sp³-hybridized carbons (Fsp3) is 0.444. The second-order valence-corrected chi connectivity index (χ2v) is 5.69. The van der Waals surface area contributed by atoms with Gasteiger partial charge in [0.05, 0.1) is 12.7 Å². The predicted octanol–water partition coefficient (Wildman–Crippen LogP) is 4.41. The fourth-order valence-corrected chi connectivity index (χ4v) is 3.01. The first-order valence-corrected chi connectivity index (χ1v) is 7.76. The van der Waals surface area contributed by atoms with E-state index in [1.54, 1.807) is 25.1 Å². The maximum atomic E-state index is 13.2. The first-order chi connectivity index (χ1) is 11.3. The Balaban J connectivity index is 2.25. The Morgan fingerprint density at radius 1 is 1.42 bits per heavy atom. The quantitative estimate of drug-likeness (QED) is 0.745. The molecule has 0 N–H and O–H groups in total. The summed E-state index contributed by atoms with van der Waals surface area (Å²) in [6.07, 6.45) is -2.70. The molecule has 1 aliphatic carbocycles. The summed E-state index contributed by atoms with van der Waals surface area (Å²) in [6, 6.07) is 5.13. The molecular formula is C18H20F3NO2. The van der Waals surface area contributed by atoms with Crippen molar-refractivity contribution in [1.29, 1.82) is 0 Å². The molecule has 3 nitrogen and oxygen atoms in total. The van der Waals surface area contributed by atoms with E-state index in [1.807, 2.05) is 0 Å². The number of ether oxygens (including phenoxy) is 1. The summed E-state index contributed by atoms with van der Waals surface area (Å²) >= 11 is 0. The standard InChI is InChI=1S/C18H20F3NO2/c1-4-5-15(18(19,20)21)16(22-2)10-12-8-11-9-13(24-3)6-7-14(11)17(12)23/h5-7,9,12H,4,8,10H2,1-3H3/b15-5+,22-16?. The van der Waals surface area contributed by atoms with Gasteiger partial charge in [-0.3, -0.25) is 9.79 Å². The molecule has 1 aromatic rings. The van der Waals surface area contributed by atoms with E-state index in [4.69, 9.17) is 4.74 Å². The van der Waals surface area contributed by atoms with Crippen LogP contribution in [0.5, 0.6) is 5.75 Å². The lowest BCUT2D eigenvalue weighted by atomic mass is 9.93. The minimum atomic E-state index is -4.47. The molecule has 0 radical (unpaired) electrons. The number of alkyl halides is 3. The lowest BCUT2D eigenvalue weighted by Gasteiger charge is -2.16. The zero-order valence-electron chi connectivity index (χ0n) is 13.9. The molecule has 130 valence electrons. The van der Waals surface area contributed by atoms with Crippen molar-refractivity contribution in [3.63, 3.8) is 0 Å². The third kappa shape index (κ3) is 3.68. The molecule has 0 amide bonds. The van der Waals surface area contributed by atoms with Crippen LogP contribution < -0.4 is 4.74 Å². The highest BCUT2D eigenvalue weighted by molar-refractivity contribution is 6.08. The molecule has 0 bridgehead atoms. The van der Waals surface area contributed by atoms with E-state index in [1.165, 1.54) is 14.2 Å². The van der Waals surface area contributed by atoms with Gasteiger partial charge in [0.1, 0.15) is 5.75 Å². The van der Waals surface area contributed by atoms with Crippen molar-refractivity contribution in [3.8, 4) is 5.75 Å². The number of nitrogens with zero attached hydrogens (tertiary/aromatic N) is 1. The monoisotopic (exact) mass is 339 g/mol. The third-order valence-electron chi connectivity index (χ3n) is 4.15. The van der Waals surface area contributed by atoms with Crippen LogP contribution in [0.15, 0.2) is 34.8 Å². The highest BCUT2D eigenvalue weighted by atomic mass is 19.4. The van der Waals surface area contributed by atoms with Crippen molar-refractivity contribution in [2.75, 3.05) is 14.2 Å². The van der Waals surface area contributed by atoms with Crippen LogP contribution in [-0.2, 0) is 6.42 Å². The highest BCUT2D eigenvalue weighted by Crippen LogP contribution is 2.35. The Morgan fingerprint density at radius 2 is 2.12 bits per heavy atom. The Hall–Kier alpha value is -2.11. The van der Waals surface area contributed by atoms with Gasteiger partial charge in [-0.15, -0.1) is 0 Å². The molecule has 0 fully saturated rings. The zero-order valence-corrected chi connectivity index (χ0v) is 13.9. The van der Waals surface area contributed by atoms with Gasteiger partial charge in [0.2, 0.25) is 0 Å². The van der Waals surface area contributed by atoms with Gasteiger partial charge in [0.15, 0.2) is 5.78 Å². The number of allylic oxidation sites excluding steroid dienone is 2. The SMILES string of the molecule is CC/C=C(\C(CC1Cc2cc(OC)ccc2C1=O)=NC)C(F)(F)F. The van der Waals surface area contributed by atoms with Crippen molar-refractivity contribution in [2.24, 2.45) is 10.9 Å². The van der Waals surface area contributed by atoms with Crippen LogP contribution in [0.4, 0.5) is 13.2 Å². The third-order valence-corrected chi connectivity index (χ3v) is 4.15. The van der Waals surface area contributed by atoms with Crippen LogP contribution in [0.2, 0.25) is 0 Å². The summed E-state index contributed by atoms with van der Waals surface area (Å²) in [5.74, 6) is -0.0197. The number of carbonyl (C=O) groups excluding carboxylic acids is 1. The molecule has 0 aromatic heterocycles. The number of hydrogen-bond acceptors (Lipinski definition) is 3. The van der Waals surface area contributed by atoms with Crippen LogP contribution in [0.1, 0.15) is 35.7 Å². The lowest BCUT2D eigenvalue weighted by molar-refractivity contribution is -0.0865. The minimum Gasteiger partial charge on any atom is -0.497 e. The molecule has 1 aromatic carbocycles. The van der Waals surface area contributed by atoms with E-state index in [9.17, 15) is 18.0 Å². The maximum Gasteiger partial charge on any atom is 0.417 e. The van der Waals surface area contributed by atoms with Crippen LogP contribution in [-0.4, -0.2) is 31.8 Å². The summed E-state index contributed by atoms with van der Waals surface area (Å²) in [4.78, 5) is 16.3. The van der Waals surface area contributed by atoms with Crippen molar-refractivity contribution in [1.82, 2.24) is 0 Å². The summed E-state index contributed by atoms with van der Waals surface area (Å²) < 4.78 is 44.8. The largest absolute Gasteiger partial charge is 0.497 e. The lowest BCUT2D eigenvalue weighted by Crippen LogP contribution is -2.24. The van der Waals surface area contributed by atoms with Crippen LogP contribution in [0.25, 0.3) is 0 Å². The van der Waals surface area contributed by atoms with Crippen molar-refractivity contribution >= 4 is 11.5 Å². The fourth-order valence-electron chi connectivity index (χ4n) is 3.01. The molecule has 0 spiro atoms. The summed E-state index contributed by atoms with van der Waals surface area (Å²) in [5, 5.41) is 0. The number of Topliss-reactive ketones (excluding diaryl/α,β-unsaturated/α-hetero) is 1. The molecule has 6 heteroatoms. The number of halogens is 3. The average molecular weight is 339 g/mol. The number of methoxy groups -OCH3 is 1. The van der Waals surface area contributed by atoms with Gasteiger partial charge in [-0.25, -0.2) is 0 Å². The molecule has 0 saturated carbocycles. The van der Waals surface area contributed by atoms with Gasteiger partial charge < -0.3 is 4.74 Å². The molecule has 1 aliphatic rings. The topological polar surface area (TPSA) is 38.7 Å². The highest BCUT2D eigenvalue weighted by Gasteiger charge is 2.39. The van der Waals surface area contributed by atoms with E-state index in [0.717, 1.165) is 11.6 Å². The zero-order chi connectivity index (χ0) is 17.9. The Bertz CT molecular complexity index is 690. The predicted molar refractivity (Wildman–Crippen MR) is 86.9 cm³/mol. The van der Waals surface area contributed by atoms with Gasteiger partial charge >= 0.3 is 6.18 Å². The number of aliphatic imine (C=N–C) groups is 1. The number of rotatable bonds is 5. The van der Waals surface area contributed by atoms with E-state index in [0.29, 0.717) is 17.7 Å². The van der Waals surface area contributed by atoms with Gasteiger partial charge in [-0.2, -0.15) is 13.2 Å². The molecule has 0 aliphatic heterocycles. The van der Waals surface area contributed by atoms with Gasteiger partial charge in [-0.1, -0.05) is 13.0 Å². The molecule has 1 unspecified atom stereocenters. The maximum absolute atomic E-state index is 13.2. The van der Waals surface area contributed by atoms with Gasteiger partial charge in [-0.05, 0) is 36.6 Å². The number of hydrogen-bond donors (Lipinski definition) is 0. The average Bonchev–Trinajstić information content (AvgIpc) is 2.85. The smallest absolute Gasteiger partial charge is 0.417 e. The molecular weight excluding hydrogens is 319 g/mol. The number of benzene rings is 1. The second-order valence-electron chi connectivity index (χ2n) is 5.69. The Kier molecular flexibility index (Phi) is 5.47. The number of ketones is 1. The van der Waals surface area contributed by atoms with Crippen molar-refractivity contribution < 1.29 is 22.7 Å². The van der Waals surface area contributed by atoms with E-state index in [-0.39, 0.29) is 24.3 Å². The van der Waals surface area contributed by atoms with E-state index in [2.05, 4.69) is 4.99 Å². The van der Waals surface area contributed by atoms with Crippen molar-refractivity contribution in [2.45, 2.75) is 32.4 Å². The van der Waals surface area contributed by atoms with Crippen LogP contribution in [0.3, 0.4) is 0 Å². The van der Waals surface area contributed by atoms with E-state index >= 15 is 0 Å². The van der Waals surface area contributed by atoms with E-state index < -0.39 is 17.7 Å². The Morgan fingerprint density at radius 3 is 2.67 bits per heavy atom. The molecule has 1 atom stereocenters. The number of carbonyl (C=O) groups is 1. The first kappa shape index (κ1) is 18.2. The molecule has 0 saturated heterocycles. The summed E-state index contributed by atoms with van der Waals surface area (Å²) in [7, 11) is 2.86. The number of fused-ring (bicyclic) bond motifs is 1. The molecule has 24 heavy (non-hydrogen) atoms. The van der Waals surface area contributed by atoms with Crippen LogP contribution in [0, 0.1) is 5.92 Å². The minimum absolute atomic E-state index is 0.0162.